The lowest BCUT2D eigenvalue weighted by atomic mass is 10.0. The topological polar surface area (TPSA) is 61.8 Å². The molecule has 0 spiro atoms. The number of amides is 2. The molecule has 0 bridgehead atoms. The molecule has 1 heterocycles. The second-order valence-corrected chi connectivity index (χ2v) is 10.0. The van der Waals surface area contributed by atoms with E-state index in [2.05, 4.69) is 10.3 Å². The molecule has 3 aromatic carbocycles. The predicted molar refractivity (Wildman–Crippen MR) is 147 cm³/mol. The van der Waals surface area contributed by atoms with Gasteiger partial charge in [-0.05, 0) is 53.5 Å². The standard InChI is InChI=1S/C27H22Cl2FN3O2S/c1-16(2)18-7-3-5-9-22(18)31-25(34)15-36-27-32-23(14-17-11-12-19(28)20(29)13-17)26(35)33(27)24-10-6-4-8-21(24)30/h3-14,16H,15H2,1-2H3,(H,31,34)/b23-14+. The van der Waals surface area contributed by atoms with E-state index in [0.717, 1.165) is 23.0 Å². The lowest BCUT2D eigenvalue weighted by Crippen LogP contribution is -2.32. The Morgan fingerprint density at radius 1 is 1.08 bits per heavy atom. The number of rotatable bonds is 6. The smallest absolute Gasteiger partial charge is 0.283 e. The fourth-order valence-corrected chi connectivity index (χ4v) is 4.74. The van der Waals surface area contributed by atoms with Gasteiger partial charge in [0, 0.05) is 5.69 Å². The summed E-state index contributed by atoms with van der Waals surface area (Å²) < 4.78 is 14.7. The zero-order valence-electron chi connectivity index (χ0n) is 19.5. The summed E-state index contributed by atoms with van der Waals surface area (Å²) in [6.07, 6.45) is 1.55. The van der Waals surface area contributed by atoms with E-state index >= 15 is 0 Å². The average molecular weight is 542 g/mol. The number of amidine groups is 1. The largest absolute Gasteiger partial charge is 0.325 e. The molecule has 0 aromatic heterocycles. The van der Waals surface area contributed by atoms with Crippen LogP contribution in [-0.2, 0) is 9.59 Å². The molecule has 0 radical (unpaired) electrons. The van der Waals surface area contributed by atoms with Gasteiger partial charge in [-0.3, -0.25) is 14.5 Å². The molecular formula is C27H22Cl2FN3O2S. The van der Waals surface area contributed by atoms with Crippen molar-refractivity contribution >= 4 is 69.4 Å². The molecule has 2 amide bonds. The number of nitrogens with one attached hydrogen (secondary N) is 1. The lowest BCUT2D eigenvalue weighted by molar-refractivity contribution is -0.114. The van der Waals surface area contributed by atoms with Gasteiger partial charge in [0.15, 0.2) is 5.17 Å². The predicted octanol–water partition coefficient (Wildman–Crippen LogP) is 7.37. The van der Waals surface area contributed by atoms with Gasteiger partial charge in [-0.1, -0.05) is 85.2 Å². The third-order valence-electron chi connectivity index (χ3n) is 5.36. The van der Waals surface area contributed by atoms with Crippen LogP contribution in [0.2, 0.25) is 10.0 Å². The van der Waals surface area contributed by atoms with Crippen molar-refractivity contribution in [2.75, 3.05) is 16.0 Å². The van der Waals surface area contributed by atoms with E-state index in [1.54, 1.807) is 30.3 Å². The number of carbonyl (C=O) groups is 2. The molecule has 1 aliphatic heterocycles. The van der Waals surface area contributed by atoms with Crippen molar-refractivity contribution in [3.63, 3.8) is 0 Å². The highest BCUT2D eigenvalue weighted by molar-refractivity contribution is 8.14. The fraction of sp³-hybridized carbons (Fsp3) is 0.148. The minimum absolute atomic E-state index is 0.0243. The van der Waals surface area contributed by atoms with Crippen LogP contribution in [0.1, 0.15) is 30.9 Å². The third kappa shape index (κ3) is 5.81. The van der Waals surface area contributed by atoms with Gasteiger partial charge in [-0.25, -0.2) is 9.38 Å². The molecular weight excluding hydrogens is 520 g/mol. The van der Waals surface area contributed by atoms with Crippen molar-refractivity contribution in [2.45, 2.75) is 19.8 Å². The maximum absolute atomic E-state index is 14.7. The number of para-hydroxylation sites is 2. The number of hydrogen-bond donors (Lipinski definition) is 1. The average Bonchev–Trinajstić information content (AvgIpc) is 3.15. The summed E-state index contributed by atoms with van der Waals surface area (Å²) in [6, 6.07) is 18.4. The fourth-order valence-electron chi connectivity index (χ4n) is 3.63. The van der Waals surface area contributed by atoms with E-state index in [1.165, 1.54) is 23.1 Å². The number of anilines is 2. The number of hydrogen-bond acceptors (Lipinski definition) is 4. The quantitative estimate of drug-likeness (QED) is 0.331. The van der Waals surface area contributed by atoms with E-state index in [9.17, 15) is 14.0 Å². The molecule has 9 heteroatoms. The van der Waals surface area contributed by atoms with E-state index in [1.807, 2.05) is 38.1 Å². The van der Waals surface area contributed by atoms with Gasteiger partial charge in [-0.15, -0.1) is 0 Å². The first kappa shape index (κ1) is 25.9. The summed E-state index contributed by atoms with van der Waals surface area (Å²) in [6.45, 7) is 4.10. The normalized spacial score (nSPS) is 14.5. The van der Waals surface area contributed by atoms with Crippen molar-refractivity contribution in [1.29, 1.82) is 0 Å². The molecule has 1 N–H and O–H groups in total. The summed E-state index contributed by atoms with van der Waals surface area (Å²) in [5.74, 6) is -1.15. The van der Waals surface area contributed by atoms with Gasteiger partial charge in [0.05, 0.1) is 21.5 Å². The zero-order chi connectivity index (χ0) is 25.8. The van der Waals surface area contributed by atoms with E-state index < -0.39 is 11.7 Å². The Labute approximate surface area is 223 Å². The minimum Gasteiger partial charge on any atom is -0.325 e. The lowest BCUT2D eigenvalue weighted by Gasteiger charge is -2.18. The number of benzene rings is 3. The Morgan fingerprint density at radius 3 is 2.53 bits per heavy atom. The van der Waals surface area contributed by atoms with Crippen LogP contribution in [0.5, 0.6) is 0 Å². The summed E-state index contributed by atoms with van der Waals surface area (Å²) in [4.78, 5) is 31.7. The van der Waals surface area contributed by atoms with E-state index in [0.29, 0.717) is 15.6 Å². The zero-order valence-corrected chi connectivity index (χ0v) is 21.8. The molecule has 4 rings (SSSR count). The van der Waals surface area contributed by atoms with Gasteiger partial charge in [0.25, 0.3) is 5.91 Å². The second kappa shape index (κ2) is 11.3. The number of carbonyl (C=O) groups excluding carboxylic acids is 2. The van der Waals surface area contributed by atoms with Crippen molar-refractivity contribution in [1.82, 2.24) is 0 Å². The first-order valence-electron chi connectivity index (χ1n) is 11.1. The van der Waals surface area contributed by atoms with Crippen molar-refractivity contribution in [2.24, 2.45) is 4.99 Å². The molecule has 184 valence electrons. The number of aliphatic imine (C=N–C) groups is 1. The molecule has 5 nitrogen and oxygen atoms in total. The highest BCUT2D eigenvalue weighted by atomic mass is 35.5. The molecule has 0 saturated carbocycles. The van der Waals surface area contributed by atoms with Crippen LogP contribution in [0.15, 0.2) is 77.4 Å². The first-order valence-corrected chi connectivity index (χ1v) is 12.8. The van der Waals surface area contributed by atoms with E-state index in [-0.39, 0.29) is 34.1 Å². The Balaban J connectivity index is 1.60. The summed E-state index contributed by atoms with van der Waals surface area (Å²) in [5, 5.41) is 3.84. The minimum atomic E-state index is -0.578. The number of thioether (sulfide) groups is 1. The molecule has 3 aromatic rings. The number of halogens is 3. The monoisotopic (exact) mass is 541 g/mol. The van der Waals surface area contributed by atoms with E-state index in [4.69, 9.17) is 23.2 Å². The van der Waals surface area contributed by atoms with Gasteiger partial charge in [-0.2, -0.15) is 0 Å². The second-order valence-electron chi connectivity index (χ2n) is 8.27. The van der Waals surface area contributed by atoms with Gasteiger partial charge in [0.2, 0.25) is 5.91 Å². The summed E-state index contributed by atoms with van der Waals surface area (Å²) in [7, 11) is 0. The molecule has 0 aliphatic carbocycles. The van der Waals surface area contributed by atoms with Crippen LogP contribution in [0, 0.1) is 5.82 Å². The molecule has 0 atom stereocenters. The molecule has 0 saturated heterocycles. The van der Waals surface area contributed by atoms with Crippen molar-refractivity contribution < 1.29 is 14.0 Å². The summed E-state index contributed by atoms with van der Waals surface area (Å²) in [5.41, 5.74) is 2.50. The highest BCUT2D eigenvalue weighted by Gasteiger charge is 2.34. The maximum atomic E-state index is 14.7. The molecule has 0 fully saturated rings. The van der Waals surface area contributed by atoms with Crippen molar-refractivity contribution in [3.8, 4) is 0 Å². The van der Waals surface area contributed by atoms with Crippen LogP contribution in [0.3, 0.4) is 0 Å². The molecule has 36 heavy (non-hydrogen) atoms. The Morgan fingerprint density at radius 2 is 1.81 bits per heavy atom. The maximum Gasteiger partial charge on any atom is 0.283 e. The Kier molecular flexibility index (Phi) is 8.14. The Hall–Kier alpha value is -3.13. The summed E-state index contributed by atoms with van der Waals surface area (Å²) >= 11 is 13.1. The van der Waals surface area contributed by atoms with Crippen LogP contribution < -0.4 is 10.2 Å². The first-order chi connectivity index (χ1) is 17.2. The van der Waals surface area contributed by atoms with Gasteiger partial charge < -0.3 is 5.32 Å². The third-order valence-corrected chi connectivity index (χ3v) is 7.04. The van der Waals surface area contributed by atoms with Crippen molar-refractivity contribution in [3.05, 3.63) is 99.4 Å². The van der Waals surface area contributed by atoms with Crippen LogP contribution in [0.25, 0.3) is 6.08 Å². The Bertz CT molecular complexity index is 1390. The van der Waals surface area contributed by atoms with Gasteiger partial charge in [0.1, 0.15) is 11.5 Å². The van der Waals surface area contributed by atoms with Gasteiger partial charge >= 0.3 is 0 Å². The molecule has 0 unspecified atom stereocenters. The SMILES string of the molecule is CC(C)c1ccccc1NC(=O)CSC1=N/C(=C/c2ccc(Cl)c(Cl)c2)C(=O)N1c1ccccc1F. The van der Waals surface area contributed by atoms with Crippen LogP contribution >= 0.6 is 35.0 Å². The highest BCUT2D eigenvalue weighted by Crippen LogP contribution is 2.32. The van der Waals surface area contributed by atoms with Crippen LogP contribution in [0.4, 0.5) is 15.8 Å². The number of nitrogens with zero attached hydrogens (tertiary/aromatic N) is 2. The molecule has 1 aliphatic rings. The van der Waals surface area contributed by atoms with Crippen LogP contribution in [-0.4, -0.2) is 22.7 Å².